The van der Waals surface area contributed by atoms with Gasteiger partial charge in [0.05, 0.1) is 4.90 Å². The smallest absolute Gasteiger partial charge is 0.412 e. The first-order valence-electron chi connectivity index (χ1n) is 15.0. The number of ether oxygens (including phenoxy) is 1. The lowest BCUT2D eigenvalue weighted by Gasteiger charge is -2.19. The second kappa shape index (κ2) is 14.4. The Labute approximate surface area is 266 Å². The topological polar surface area (TPSA) is 102 Å². The Morgan fingerprint density at radius 3 is 1.82 bits per heavy atom. The number of anilines is 1. The van der Waals surface area contributed by atoms with E-state index in [1.54, 1.807) is 27.7 Å². The number of nitrogens with one attached hydrogen (secondary N) is 2. The summed E-state index contributed by atoms with van der Waals surface area (Å²) in [5.74, 6) is -1.20. The fraction of sp³-hybridized carbons (Fsp3) is 0.243. The summed E-state index contributed by atoms with van der Waals surface area (Å²) in [5.41, 5.74) is 6.37. The van der Waals surface area contributed by atoms with Crippen molar-refractivity contribution in [2.24, 2.45) is 5.92 Å². The summed E-state index contributed by atoms with van der Waals surface area (Å²) < 4.78 is 33.3. The van der Waals surface area contributed by atoms with Crippen LogP contribution in [0.4, 0.5) is 10.5 Å². The van der Waals surface area contributed by atoms with Crippen molar-refractivity contribution in [3.8, 4) is 0 Å². The van der Waals surface area contributed by atoms with Crippen molar-refractivity contribution in [2.45, 2.75) is 58.0 Å². The fourth-order valence-corrected chi connectivity index (χ4v) is 6.05. The van der Waals surface area contributed by atoms with Crippen molar-refractivity contribution in [2.75, 3.05) is 5.32 Å². The van der Waals surface area contributed by atoms with Crippen molar-refractivity contribution < 1.29 is 22.7 Å². The summed E-state index contributed by atoms with van der Waals surface area (Å²) in [4.78, 5) is 24.9. The molecule has 2 amide bonds. The van der Waals surface area contributed by atoms with Crippen LogP contribution in [0.5, 0.6) is 0 Å². The van der Waals surface area contributed by atoms with Gasteiger partial charge in [0.2, 0.25) is 5.91 Å². The largest absolute Gasteiger partial charge is 0.444 e. The Morgan fingerprint density at radius 2 is 1.29 bits per heavy atom. The lowest BCUT2D eigenvalue weighted by Crippen LogP contribution is -2.35. The van der Waals surface area contributed by atoms with E-state index in [2.05, 4.69) is 53.4 Å². The Hall–Kier alpha value is -4.69. The van der Waals surface area contributed by atoms with Crippen molar-refractivity contribution in [3.05, 3.63) is 131 Å². The number of sulfonamides is 1. The van der Waals surface area contributed by atoms with Crippen LogP contribution >= 0.6 is 0 Å². The van der Waals surface area contributed by atoms with E-state index >= 15 is 0 Å². The highest BCUT2D eigenvalue weighted by Gasteiger charge is 2.23. The zero-order valence-electron chi connectivity index (χ0n) is 26.3. The van der Waals surface area contributed by atoms with E-state index in [0.717, 1.165) is 28.7 Å². The molecule has 1 unspecified atom stereocenters. The van der Waals surface area contributed by atoms with E-state index < -0.39 is 33.5 Å². The van der Waals surface area contributed by atoms with Crippen molar-refractivity contribution in [1.29, 1.82) is 0 Å². The van der Waals surface area contributed by atoms with Gasteiger partial charge in [0.15, 0.2) is 0 Å². The van der Waals surface area contributed by atoms with E-state index in [1.165, 1.54) is 35.4 Å². The fourth-order valence-electron chi connectivity index (χ4n) is 4.97. The molecule has 0 saturated carbocycles. The van der Waals surface area contributed by atoms with Crippen LogP contribution < -0.4 is 10.0 Å². The average molecular weight is 625 g/mol. The zero-order chi connectivity index (χ0) is 32.6. The number of carbonyl (C=O) groups is 2. The van der Waals surface area contributed by atoms with Gasteiger partial charge in [-0.1, -0.05) is 98.8 Å². The highest BCUT2D eigenvalue weighted by Crippen LogP contribution is 2.34. The summed E-state index contributed by atoms with van der Waals surface area (Å²) in [6.45, 7) is 9.09. The summed E-state index contributed by atoms with van der Waals surface area (Å²) in [5, 5.41) is 2.55. The van der Waals surface area contributed by atoms with Crippen LogP contribution in [0.1, 0.15) is 63.3 Å². The van der Waals surface area contributed by atoms with Gasteiger partial charge < -0.3 is 4.74 Å². The quantitative estimate of drug-likeness (QED) is 0.174. The number of amides is 2. The van der Waals surface area contributed by atoms with Crippen LogP contribution in [0.15, 0.2) is 114 Å². The average Bonchev–Trinajstić information content (AvgIpc) is 3.00. The molecule has 4 aromatic carbocycles. The maximum Gasteiger partial charge on any atom is 0.412 e. The van der Waals surface area contributed by atoms with Crippen LogP contribution in [0.2, 0.25) is 0 Å². The molecule has 4 aromatic rings. The number of hydrogen-bond acceptors (Lipinski definition) is 5. The molecule has 7 nitrogen and oxygen atoms in total. The molecular weight excluding hydrogens is 584 g/mol. The molecule has 45 heavy (non-hydrogen) atoms. The third-order valence-electron chi connectivity index (χ3n) is 7.12. The van der Waals surface area contributed by atoms with E-state index in [-0.39, 0.29) is 4.90 Å². The normalized spacial score (nSPS) is 12.9. The number of hydrogen-bond donors (Lipinski definition) is 2. The van der Waals surface area contributed by atoms with Crippen LogP contribution in [0, 0.1) is 5.92 Å². The van der Waals surface area contributed by atoms with Crippen molar-refractivity contribution >= 4 is 38.9 Å². The molecular formula is C37H40N2O5S. The first-order valence-corrected chi connectivity index (χ1v) is 16.4. The predicted octanol–water partition coefficient (Wildman–Crippen LogP) is 8.09. The van der Waals surface area contributed by atoms with E-state index in [1.807, 2.05) is 48.5 Å². The van der Waals surface area contributed by atoms with Gasteiger partial charge in [-0.05, 0) is 91.3 Å². The lowest BCUT2D eigenvalue weighted by atomic mass is 9.87. The molecule has 0 spiro atoms. The van der Waals surface area contributed by atoms with Gasteiger partial charge in [-0.2, -0.15) is 0 Å². The van der Waals surface area contributed by atoms with Crippen molar-refractivity contribution in [1.82, 2.24) is 4.72 Å². The van der Waals surface area contributed by atoms with Gasteiger partial charge in [0.25, 0.3) is 10.0 Å². The zero-order valence-corrected chi connectivity index (χ0v) is 27.1. The van der Waals surface area contributed by atoms with Crippen LogP contribution in [-0.4, -0.2) is 26.0 Å². The first kappa shape index (κ1) is 33.2. The van der Waals surface area contributed by atoms with E-state index in [9.17, 15) is 18.0 Å². The van der Waals surface area contributed by atoms with E-state index in [4.69, 9.17) is 4.74 Å². The molecule has 234 valence electrons. The van der Waals surface area contributed by atoms with Gasteiger partial charge >= 0.3 is 6.09 Å². The van der Waals surface area contributed by atoms with Gasteiger partial charge in [-0.25, -0.2) is 17.9 Å². The van der Waals surface area contributed by atoms with Crippen LogP contribution in [-0.2, 0) is 26.0 Å². The first-order chi connectivity index (χ1) is 21.4. The molecule has 2 N–H and O–H groups in total. The number of rotatable bonds is 10. The standard InChI is InChI=1S/C37H40N2O5S/c1-6-33(28-13-9-7-10-14-28)34(29-15-11-8-12-16-29)30-19-17-27(18-20-30)25-26(2)35(40)39-45(42,43)32-23-21-31(22-24-32)38-36(41)44-37(3,4)5/h7-24,26H,6,25H2,1-5H3,(H,38,41)(H,39,40)/b34-33-. The Kier molecular flexibility index (Phi) is 10.6. The third-order valence-corrected chi connectivity index (χ3v) is 8.48. The summed E-state index contributed by atoms with van der Waals surface area (Å²) in [6.07, 6.45) is 0.567. The molecule has 0 aliphatic heterocycles. The highest BCUT2D eigenvalue weighted by molar-refractivity contribution is 7.90. The highest BCUT2D eigenvalue weighted by atomic mass is 32.2. The monoisotopic (exact) mass is 624 g/mol. The Bertz CT molecular complexity index is 1740. The maximum absolute atomic E-state index is 13.0. The molecule has 0 radical (unpaired) electrons. The molecule has 8 heteroatoms. The molecule has 0 fully saturated rings. The minimum absolute atomic E-state index is 0.0903. The third kappa shape index (κ3) is 9.16. The molecule has 0 aromatic heterocycles. The summed E-state index contributed by atoms with van der Waals surface area (Å²) >= 11 is 0. The van der Waals surface area contributed by atoms with Crippen molar-refractivity contribution in [3.63, 3.8) is 0 Å². The molecule has 4 rings (SSSR count). The summed E-state index contributed by atoms with van der Waals surface area (Å²) in [7, 11) is -4.11. The minimum Gasteiger partial charge on any atom is -0.444 e. The molecule has 0 bridgehead atoms. The second-order valence-electron chi connectivity index (χ2n) is 11.9. The molecule has 0 heterocycles. The van der Waals surface area contributed by atoms with Gasteiger partial charge in [-0.15, -0.1) is 0 Å². The maximum atomic E-state index is 13.0. The molecule has 0 aliphatic carbocycles. The minimum atomic E-state index is -4.11. The second-order valence-corrected chi connectivity index (χ2v) is 13.5. The number of allylic oxidation sites excluding steroid dienone is 1. The number of benzene rings is 4. The lowest BCUT2D eigenvalue weighted by molar-refractivity contribution is -0.122. The predicted molar refractivity (Wildman–Crippen MR) is 180 cm³/mol. The van der Waals surface area contributed by atoms with Gasteiger partial charge in [0, 0.05) is 11.6 Å². The molecule has 0 saturated heterocycles. The van der Waals surface area contributed by atoms with Crippen LogP contribution in [0.25, 0.3) is 11.1 Å². The van der Waals surface area contributed by atoms with Gasteiger partial charge in [0.1, 0.15) is 5.60 Å². The summed E-state index contributed by atoms with van der Waals surface area (Å²) in [6, 6.07) is 34.3. The van der Waals surface area contributed by atoms with E-state index in [0.29, 0.717) is 12.1 Å². The number of carbonyl (C=O) groups excluding carboxylic acids is 2. The van der Waals surface area contributed by atoms with Gasteiger partial charge in [-0.3, -0.25) is 10.1 Å². The molecule has 1 atom stereocenters. The Balaban J connectivity index is 1.46. The van der Waals surface area contributed by atoms with Crippen LogP contribution in [0.3, 0.4) is 0 Å². The molecule has 0 aliphatic rings. The Morgan fingerprint density at radius 1 is 0.756 bits per heavy atom. The SMILES string of the molecule is CC/C(=C(\c1ccccc1)c1ccc(CC(C)C(=O)NS(=O)(=O)c2ccc(NC(=O)OC(C)(C)C)cc2)cc1)c1ccccc1.